The first kappa shape index (κ1) is 11.6. The SMILES string of the molecule is CCC(C)(CC)C(=O)[C@@H](N)CO. The largest absolute Gasteiger partial charge is 0.394 e. The lowest BCUT2D eigenvalue weighted by atomic mass is 9.78. The summed E-state index contributed by atoms with van der Waals surface area (Å²) in [6, 6.07) is -0.713. The Balaban J connectivity index is 4.41. The van der Waals surface area contributed by atoms with E-state index in [1.165, 1.54) is 0 Å². The predicted octanol–water partition coefficient (Wildman–Crippen LogP) is 0.701. The van der Waals surface area contributed by atoms with E-state index in [1.54, 1.807) is 0 Å². The molecule has 0 radical (unpaired) electrons. The first-order valence-corrected chi connectivity index (χ1v) is 4.42. The summed E-state index contributed by atoms with van der Waals surface area (Å²) in [5, 5.41) is 8.71. The molecule has 0 unspecified atom stereocenters. The van der Waals surface area contributed by atoms with Crippen LogP contribution in [0, 0.1) is 5.41 Å². The van der Waals surface area contributed by atoms with Crippen molar-refractivity contribution in [3.8, 4) is 0 Å². The summed E-state index contributed by atoms with van der Waals surface area (Å²) in [4.78, 5) is 11.6. The van der Waals surface area contributed by atoms with Gasteiger partial charge in [-0.25, -0.2) is 0 Å². The molecule has 0 heterocycles. The molecule has 3 heteroatoms. The smallest absolute Gasteiger partial charge is 0.157 e. The Kier molecular flexibility index (Phi) is 4.42. The van der Waals surface area contributed by atoms with Crippen molar-refractivity contribution in [2.24, 2.45) is 11.1 Å². The van der Waals surface area contributed by atoms with Crippen molar-refractivity contribution in [3.63, 3.8) is 0 Å². The van der Waals surface area contributed by atoms with Gasteiger partial charge in [0.2, 0.25) is 0 Å². The molecule has 0 amide bonds. The highest BCUT2D eigenvalue weighted by atomic mass is 16.3. The zero-order chi connectivity index (χ0) is 9.78. The molecule has 0 rings (SSSR count). The van der Waals surface area contributed by atoms with Gasteiger partial charge < -0.3 is 10.8 Å². The Hall–Kier alpha value is -0.410. The fraction of sp³-hybridized carbons (Fsp3) is 0.889. The summed E-state index contributed by atoms with van der Waals surface area (Å²) in [5.74, 6) is -0.0324. The van der Waals surface area contributed by atoms with E-state index >= 15 is 0 Å². The number of rotatable bonds is 5. The van der Waals surface area contributed by atoms with Crippen molar-refractivity contribution in [1.82, 2.24) is 0 Å². The minimum Gasteiger partial charge on any atom is -0.394 e. The topological polar surface area (TPSA) is 63.3 Å². The Morgan fingerprint density at radius 2 is 1.92 bits per heavy atom. The molecule has 3 nitrogen and oxygen atoms in total. The standard InChI is InChI=1S/C9H19NO2/c1-4-9(3,5-2)8(12)7(10)6-11/h7,11H,4-6,10H2,1-3H3/t7-/m0/s1. The fourth-order valence-corrected chi connectivity index (χ4v) is 1.13. The number of aliphatic hydroxyl groups is 1. The van der Waals surface area contributed by atoms with E-state index in [2.05, 4.69) is 0 Å². The molecule has 0 aromatic carbocycles. The maximum Gasteiger partial charge on any atom is 0.157 e. The number of hydrogen-bond acceptors (Lipinski definition) is 3. The Bertz CT molecular complexity index is 153. The maximum atomic E-state index is 11.6. The van der Waals surface area contributed by atoms with Gasteiger partial charge in [0.25, 0.3) is 0 Å². The van der Waals surface area contributed by atoms with Gasteiger partial charge in [-0.3, -0.25) is 4.79 Å². The number of aliphatic hydroxyl groups excluding tert-OH is 1. The van der Waals surface area contributed by atoms with E-state index in [1.807, 2.05) is 20.8 Å². The van der Waals surface area contributed by atoms with E-state index in [0.717, 1.165) is 12.8 Å². The van der Waals surface area contributed by atoms with Gasteiger partial charge in [-0.05, 0) is 12.8 Å². The van der Waals surface area contributed by atoms with Crippen LogP contribution in [-0.2, 0) is 4.79 Å². The molecular weight excluding hydrogens is 154 g/mol. The Morgan fingerprint density at radius 3 is 2.17 bits per heavy atom. The van der Waals surface area contributed by atoms with Crippen LogP contribution in [0.4, 0.5) is 0 Å². The van der Waals surface area contributed by atoms with Gasteiger partial charge in [-0.1, -0.05) is 20.8 Å². The van der Waals surface area contributed by atoms with Crippen molar-refractivity contribution in [2.75, 3.05) is 6.61 Å². The van der Waals surface area contributed by atoms with Gasteiger partial charge in [0, 0.05) is 5.41 Å². The lowest BCUT2D eigenvalue weighted by Gasteiger charge is -2.27. The van der Waals surface area contributed by atoms with Crippen LogP contribution in [-0.4, -0.2) is 23.5 Å². The third kappa shape index (κ3) is 2.29. The third-order valence-corrected chi connectivity index (χ3v) is 2.69. The molecule has 3 N–H and O–H groups in total. The zero-order valence-corrected chi connectivity index (χ0v) is 8.13. The molecule has 0 aliphatic rings. The number of Topliss-reactive ketones (excluding diaryl/α,β-unsaturated/α-hetero) is 1. The first-order valence-electron chi connectivity index (χ1n) is 4.42. The summed E-state index contributed by atoms with van der Waals surface area (Å²) in [5.41, 5.74) is 5.10. The van der Waals surface area contributed by atoms with Gasteiger partial charge >= 0.3 is 0 Å². The highest BCUT2D eigenvalue weighted by molar-refractivity contribution is 5.89. The van der Waals surface area contributed by atoms with Gasteiger partial charge in [-0.2, -0.15) is 0 Å². The van der Waals surface area contributed by atoms with Gasteiger partial charge in [0.05, 0.1) is 12.6 Å². The molecule has 0 aliphatic carbocycles. The average Bonchev–Trinajstić information content (AvgIpc) is 2.14. The normalized spacial score (nSPS) is 14.4. The van der Waals surface area contributed by atoms with Crippen LogP contribution in [0.3, 0.4) is 0 Å². The third-order valence-electron chi connectivity index (χ3n) is 2.69. The van der Waals surface area contributed by atoms with E-state index in [-0.39, 0.29) is 17.8 Å². The van der Waals surface area contributed by atoms with Crippen molar-refractivity contribution in [3.05, 3.63) is 0 Å². The van der Waals surface area contributed by atoms with Crippen molar-refractivity contribution in [2.45, 2.75) is 39.7 Å². The van der Waals surface area contributed by atoms with Gasteiger partial charge in [-0.15, -0.1) is 0 Å². The summed E-state index contributed by atoms with van der Waals surface area (Å²) < 4.78 is 0. The van der Waals surface area contributed by atoms with Crippen LogP contribution in [0.15, 0.2) is 0 Å². The molecule has 0 saturated carbocycles. The highest BCUT2D eigenvalue weighted by Gasteiger charge is 2.32. The molecule has 0 aliphatic heterocycles. The maximum absolute atomic E-state index is 11.6. The second kappa shape index (κ2) is 4.58. The van der Waals surface area contributed by atoms with E-state index in [9.17, 15) is 4.79 Å². The fourth-order valence-electron chi connectivity index (χ4n) is 1.13. The van der Waals surface area contributed by atoms with Crippen LogP contribution in [0.5, 0.6) is 0 Å². The lowest BCUT2D eigenvalue weighted by molar-refractivity contribution is -0.130. The van der Waals surface area contributed by atoms with Gasteiger partial charge in [0.15, 0.2) is 5.78 Å². The van der Waals surface area contributed by atoms with E-state index in [0.29, 0.717) is 0 Å². The van der Waals surface area contributed by atoms with Crippen molar-refractivity contribution < 1.29 is 9.90 Å². The summed E-state index contributed by atoms with van der Waals surface area (Å²) >= 11 is 0. The molecule has 0 aromatic rings. The lowest BCUT2D eigenvalue weighted by Crippen LogP contribution is -2.43. The quantitative estimate of drug-likeness (QED) is 0.643. The number of nitrogens with two attached hydrogens (primary N) is 1. The number of carbonyl (C=O) groups is 1. The van der Waals surface area contributed by atoms with Crippen LogP contribution in [0.25, 0.3) is 0 Å². The van der Waals surface area contributed by atoms with Crippen LogP contribution < -0.4 is 5.73 Å². The van der Waals surface area contributed by atoms with Crippen molar-refractivity contribution >= 4 is 5.78 Å². The summed E-state index contributed by atoms with van der Waals surface area (Å²) in [6.45, 7) is 5.57. The molecule has 0 spiro atoms. The first-order chi connectivity index (χ1) is 5.51. The minimum atomic E-state index is -0.713. The second-order valence-electron chi connectivity index (χ2n) is 3.42. The molecule has 0 aromatic heterocycles. The molecule has 0 saturated heterocycles. The second-order valence-corrected chi connectivity index (χ2v) is 3.42. The molecule has 0 fully saturated rings. The monoisotopic (exact) mass is 173 g/mol. The number of hydrogen-bond donors (Lipinski definition) is 2. The minimum absolute atomic E-state index is 0.0324. The van der Waals surface area contributed by atoms with E-state index < -0.39 is 6.04 Å². The number of carbonyl (C=O) groups excluding carboxylic acids is 1. The van der Waals surface area contributed by atoms with Crippen LogP contribution >= 0.6 is 0 Å². The van der Waals surface area contributed by atoms with E-state index in [4.69, 9.17) is 10.8 Å². The predicted molar refractivity (Wildman–Crippen MR) is 48.8 cm³/mol. The van der Waals surface area contributed by atoms with Crippen LogP contribution in [0.2, 0.25) is 0 Å². The highest BCUT2D eigenvalue weighted by Crippen LogP contribution is 2.27. The summed E-state index contributed by atoms with van der Waals surface area (Å²) in [6.07, 6.45) is 1.55. The molecule has 12 heavy (non-hydrogen) atoms. The molecular formula is C9H19NO2. The molecule has 72 valence electrons. The Morgan fingerprint density at radius 1 is 1.50 bits per heavy atom. The van der Waals surface area contributed by atoms with Crippen molar-refractivity contribution in [1.29, 1.82) is 0 Å². The average molecular weight is 173 g/mol. The molecule has 1 atom stereocenters. The van der Waals surface area contributed by atoms with Crippen LogP contribution in [0.1, 0.15) is 33.6 Å². The molecule has 0 bridgehead atoms. The Labute approximate surface area is 74.0 Å². The summed E-state index contributed by atoms with van der Waals surface area (Å²) in [7, 11) is 0. The number of ketones is 1. The zero-order valence-electron chi connectivity index (χ0n) is 8.13. The van der Waals surface area contributed by atoms with Gasteiger partial charge in [0.1, 0.15) is 0 Å².